The van der Waals surface area contributed by atoms with Crippen molar-refractivity contribution in [3.63, 3.8) is 0 Å². The van der Waals surface area contributed by atoms with E-state index in [1.807, 2.05) is 0 Å². The van der Waals surface area contributed by atoms with Crippen LogP contribution in [0.2, 0.25) is 20.4 Å². The maximum absolute atomic E-state index is 12.3. The molecule has 4 aromatic heterocycles. The van der Waals surface area contributed by atoms with Crippen LogP contribution in [0.15, 0.2) is 61.2 Å². The first kappa shape index (κ1) is 34.3. The molecule has 0 radical (unpaired) electrons. The number of halogens is 11. The van der Waals surface area contributed by atoms with Crippen LogP contribution in [0.1, 0.15) is 11.4 Å². The molecule has 212 valence electrons. The Balaban J connectivity index is 0.000000224. The highest BCUT2D eigenvalue weighted by molar-refractivity contribution is 14.1. The van der Waals surface area contributed by atoms with Crippen LogP contribution in [-0.2, 0) is 12.4 Å². The molecule has 0 aliphatic heterocycles. The number of hydrogen-bond donors (Lipinski definition) is 2. The quantitative estimate of drug-likeness (QED) is 0.0971. The summed E-state index contributed by atoms with van der Waals surface area (Å²) in [5, 5.41) is 18.7. The second-order valence-corrected chi connectivity index (χ2v) is 9.94. The molecule has 0 saturated heterocycles. The van der Waals surface area contributed by atoms with E-state index >= 15 is 0 Å². The molecule has 18 heteroatoms. The van der Waals surface area contributed by atoms with E-state index in [1.165, 1.54) is 24.5 Å². The summed E-state index contributed by atoms with van der Waals surface area (Å²) in [7, 11) is -1.80. The van der Waals surface area contributed by atoms with E-state index in [9.17, 15) is 26.3 Å². The lowest BCUT2D eigenvalue weighted by atomic mass is 9.82. The van der Waals surface area contributed by atoms with Gasteiger partial charge < -0.3 is 10.0 Å². The zero-order chi connectivity index (χ0) is 30.3. The molecule has 6 nitrogen and oxygen atoms in total. The second kappa shape index (κ2) is 14.8. The third-order valence-electron chi connectivity index (χ3n) is 4.34. The third-order valence-corrected chi connectivity index (χ3v) is 6.56. The Hall–Kier alpha value is -1.95. The first-order chi connectivity index (χ1) is 18.5. The smallest absolute Gasteiger partial charge is 0.423 e. The molecule has 0 bridgehead atoms. The van der Waals surface area contributed by atoms with Crippen molar-refractivity contribution in [1.82, 2.24) is 19.9 Å². The Morgan fingerprint density at radius 3 is 1.55 bits per heavy atom. The fourth-order valence-electron chi connectivity index (χ4n) is 2.47. The Labute approximate surface area is 256 Å². The predicted molar refractivity (Wildman–Crippen MR) is 149 cm³/mol. The van der Waals surface area contributed by atoms with Crippen LogP contribution >= 0.6 is 69.0 Å². The van der Waals surface area contributed by atoms with Crippen molar-refractivity contribution in [3.8, 4) is 11.1 Å². The molecule has 0 aliphatic carbocycles. The van der Waals surface area contributed by atoms with Gasteiger partial charge in [-0.1, -0.05) is 58.5 Å². The summed E-state index contributed by atoms with van der Waals surface area (Å²) in [5.74, 6) is 0. The number of hydrogen-bond acceptors (Lipinski definition) is 6. The zero-order valence-corrected chi connectivity index (χ0v) is 24.4. The fourth-order valence-corrected chi connectivity index (χ4v) is 3.72. The molecule has 4 aromatic rings. The van der Waals surface area contributed by atoms with Crippen molar-refractivity contribution >= 4 is 81.6 Å². The molecule has 0 atom stereocenters. The Kier molecular flexibility index (Phi) is 12.7. The molecule has 0 spiro atoms. The zero-order valence-electron chi connectivity index (χ0n) is 19.2. The van der Waals surface area contributed by atoms with Crippen molar-refractivity contribution in [1.29, 1.82) is 0 Å². The van der Waals surface area contributed by atoms with E-state index < -0.39 is 30.9 Å². The summed E-state index contributed by atoms with van der Waals surface area (Å²) in [6.45, 7) is 0. The van der Waals surface area contributed by atoms with Gasteiger partial charge in [-0.05, 0) is 46.9 Å². The minimum atomic E-state index is -4.50. The molecule has 0 fully saturated rings. The molecule has 2 N–H and O–H groups in total. The summed E-state index contributed by atoms with van der Waals surface area (Å²) < 4.78 is 73.8. The number of pyridine rings is 4. The van der Waals surface area contributed by atoms with Gasteiger partial charge in [0.15, 0.2) is 0 Å². The predicted octanol–water partition coefficient (Wildman–Crippen LogP) is 7.24. The number of alkyl halides is 6. The lowest BCUT2D eigenvalue weighted by molar-refractivity contribution is -0.141. The third kappa shape index (κ3) is 10.8. The maximum atomic E-state index is 12.3. The van der Waals surface area contributed by atoms with Gasteiger partial charge in [0.25, 0.3) is 0 Å². The van der Waals surface area contributed by atoms with Gasteiger partial charge in [-0.2, -0.15) is 26.3 Å². The topological polar surface area (TPSA) is 92.0 Å². The number of aromatic nitrogens is 4. The van der Waals surface area contributed by atoms with Crippen molar-refractivity contribution in [2.24, 2.45) is 0 Å². The molecule has 0 unspecified atom stereocenters. The van der Waals surface area contributed by atoms with Crippen LogP contribution in [-0.4, -0.2) is 37.1 Å². The molecular weight excluding hydrogens is 746 g/mol. The van der Waals surface area contributed by atoms with Gasteiger partial charge in [0, 0.05) is 44.9 Å². The second-order valence-electron chi connectivity index (χ2n) is 7.19. The average Bonchev–Trinajstić information content (AvgIpc) is 2.88. The van der Waals surface area contributed by atoms with Crippen LogP contribution < -0.4 is 5.46 Å². The summed E-state index contributed by atoms with van der Waals surface area (Å²) >= 11 is 24.9. The normalized spacial score (nSPS) is 11.1. The molecule has 0 aliphatic rings. The molecule has 0 saturated carbocycles. The van der Waals surface area contributed by atoms with Gasteiger partial charge in [-0.3, -0.25) is 9.97 Å². The lowest BCUT2D eigenvalue weighted by Crippen LogP contribution is -2.30. The van der Waals surface area contributed by atoms with Gasteiger partial charge >= 0.3 is 19.5 Å². The SMILES string of the molecule is Clc1cc(I)c(Cl)cn1.FC(F)(F)c1ccc(-c2cc(Cl)ncc2Cl)cn1.OB(O)c1ccc(C(F)(F)F)nc1. The summed E-state index contributed by atoms with van der Waals surface area (Å²) in [6, 6.07) is 7.00. The van der Waals surface area contributed by atoms with Crippen molar-refractivity contribution in [3.05, 3.63) is 96.5 Å². The monoisotopic (exact) mass is 756 g/mol. The highest BCUT2D eigenvalue weighted by atomic mass is 127. The maximum Gasteiger partial charge on any atom is 0.490 e. The van der Waals surface area contributed by atoms with E-state index in [0.717, 1.165) is 28.1 Å². The Morgan fingerprint density at radius 1 is 0.650 bits per heavy atom. The highest BCUT2D eigenvalue weighted by Crippen LogP contribution is 2.32. The number of nitrogens with zero attached hydrogens (tertiary/aromatic N) is 4. The molecular formula is C22H12BCl4F6IN4O2. The first-order valence-electron chi connectivity index (χ1n) is 10.2. The van der Waals surface area contributed by atoms with Gasteiger partial charge in [0.2, 0.25) is 0 Å². The molecule has 40 heavy (non-hydrogen) atoms. The molecule has 4 rings (SSSR count). The fraction of sp³-hybridized carbons (Fsp3) is 0.0909. The van der Waals surface area contributed by atoms with Gasteiger partial charge in [0.05, 0.1) is 10.0 Å². The van der Waals surface area contributed by atoms with Crippen LogP contribution in [0.5, 0.6) is 0 Å². The minimum absolute atomic E-state index is 0.0759. The molecule has 0 amide bonds. The van der Waals surface area contributed by atoms with Crippen LogP contribution in [0.4, 0.5) is 26.3 Å². The van der Waals surface area contributed by atoms with E-state index in [2.05, 4.69) is 42.5 Å². The molecule has 0 aromatic carbocycles. The van der Waals surface area contributed by atoms with Crippen molar-refractivity contribution in [2.75, 3.05) is 0 Å². The van der Waals surface area contributed by atoms with Crippen LogP contribution in [0, 0.1) is 3.57 Å². The van der Waals surface area contributed by atoms with E-state index in [4.69, 9.17) is 56.5 Å². The molecule has 4 heterocycles. The van der Waals surface area contributed by atoms with Crippen molar-refractivity contribution in [2.45, 2.75) is 12.4 Å². The van der Waals surface area contributed by atoms with E-state index in [1.54, 1.807) is 6.07 Å². The van der Waals surface area contributed by atoms with Crippen LogP contribution in [0.3, 0.4) is 0 Å². The minimum Gasteiger partial charge on any atom is -0.423 e. The summed E-state index contributed by atoms with van der Waals surface area (Å²) in [5.41, 5.74) is -1.16. The summed E-state index contributed by atoms with van der Waals surface area (Å²) in [6.07, 6.45) is -4.23. The van der Waals surface area contributed by atoms with Gasteiger partial charge in [-0.25, -0.2) is 9.97 Å². The highest BCUT2D eigenvalue weighted by Gasteiger charge is 2.33. The summed E-state index contributed by atoms with van der Waals surface area (Å²) in [4.78, 5) is 13.9. The van der Waals surface area contributed by atoms with Crippen molar-refractivity contribution < 1.29 is 36.4 Å². The Bertz CT molecular complexity index is 1420. The average molecular weight is 758 g/mol. The largest absolute Gasteiger partial charge is 0.490 e. The van der Waals surface area contributed by atoms with E-state index in [0.29, 0.717) is 32.4 Å². The Morgan fingerprint density at radius 2 is 1.15 bits per heavy atom. The van der Waals surface area contributed by atoms with Crippen LogP contribution in [0.25, 0.3) is 11.1 Å². The first-order valence-corrected chi connectivity index (χ1v) is 12.8. The lowest BCUT2D eigenvalue weighted by Gasteiger charge is -2.07. The van der Waals surface area contributed by atoms with Gasteiger partial charge in [0.1, 0.15) is 21.7 Å². The number of rotatable bonds is 2. The van der Waals surface area contributed by atoms with E-state index in [-0.39, 0.29) is 10.6 Å². The van der Waals surface area contributed by atoms with Gasteiger partial charge in [-0.15, -0.1) is 0 Å². The standard InChI is InChI=1S/C11H5Cl2F3N2.C6H5BF3NO2.C5H2Cl2IN/c12-8-5-18-10(13)3-7(8)6-1-2-9(17-4-6)11(14,15)16;8-6(9,10)5-2-1-4(3-11-5)7(12)13;6-3-2-9-5(7)1-4(3)8/h1-5H;1-3,12-13H;1-2H.